The molecule has 6 nitrogen and oxygen atoms in total. The van der Waals surface area contributed by atoms with Crippen LogP contribution >= 0.6 is 23.2 Å². The fraction of sp³-hybridized carbons (Fsp3) is 0.519. The summed E-state index contributed by atoms with van der Waals surface area (Å²) in [6.07, 6.45) is 3.83. The second-order valence-electron chi connectivity index (χ2n) is 10.2. The van der Waals surface area contributed by atoms with Crippen molar-refractivity contribution in [1.82, 2.24) is 9.62 Å². The molecule has 1 amide bonds. The molecule has 3 atom stereocenters. The first-order valence-corrected chi connectivity index (χ1v) is 15.1. The van der Waals surface area contributed by atoms with Crippen LogP contribution in [0.2, 0.25) is 10.0 Å². The number of ether oxygens (including phenoxy) is 1. The molecule has 0 aromatic heterocycles. The molecule has 37 heavy (non-hydrogen) atoms. The van der Waals surface area contributed by atoms with Crippen LogP contribution in [0.3, 0.4) is 0 Å². The lowest BCUT2D eigenvalue weighted by atomic mass is 9.91. The number of sulfonamides is 1. The van der Waals surface area contributed by atoms with Gasteiger partial charge in [-0.25, -0.2) is 17.5 Å². The first kappa shape index (κ1) is 28.1. The smallest absolute Gasteiger partial charge is 0.267 e. The third-order valence-corrected chi connectivity index (χ3v) is 9.05. The zero-order chi connectivity index (χ0) is 26.9. The summed E-state index contributed by atoms with van der Waals surface area (Å²) in [6.45, 7) is 6.99. The Hall–Kier alpha value is -1.87. The molecule has 2 fully saturated rings. The van der Waals surface area contributed by atoms with Gasteiger partial charge in [-0.3, -0.25) is 9.69 Å². The first-order valence-electron chi connectivity index (χ1n) is 12.7. The summed E-state index contributed by atoms with van der Waals surface area (Å²) in [6, 6.07) is 8.78. The van der Waals surface area contributed by atoms with E-state index < -0.39 is 21.7 Å². The standard InChI is InChI=1S/C27H33Cl2FN2O4S/c1-4-37(34,35)31-27(33)24-12-23(19-7-8-19)26(13-25(24)30)36-15-18-6-5-16(2)32(14-18)17(3)20-9-21(28)11-22(29)10-20/h9-13,16-19H,4-8,14-15H2,1-3H3,(H,31,33)/t16-,17?,18-/m1/s1. The summed E-state index contributed by atoms with van der Waals surface area (Å²) in [4.78, 5) is 14.9. The number of piperidine rings is 1. The summed E-state index contributed by atoms with van der Waals surface area (Å²) < 4.78 is 46.6. The van der Waals surface area contributed by atoms with Gasteiger partial charge in [0.15, 0.2) is 0 Å². The molecule has 10 heteroatoms. The minimum absolute atomic E-state index is 0.116. The summed E-state index contributed by atoms with van der Waals surface area (Å²) in [5, 5.41) is 1.22. The maximum Gasteiger partial charge on any atom is 0.267 e. The number of carbonyl (C=O) groups is 1. The molecule has 2 aromatic rings. The van der Waals surface area contributed by atoms with Gasteiger partial charge in [0, 0.05) is 40.7 Å². The van der Waals surface area contributed by atoms with Crippen LogP contribution in [0.1, 0.15) is 79.9 Å². The van der Waals surface area contributed by atoms with E-state index in [-0.39, 0.29) is 29.2 Å². The highest BCUT2D eigenvalue weighted by molar-refractivity contribution is 7.90. The predicted octanol–water partition coefficient (Wildman–Crippen LogP) is 6.33. The normalized spacial score (nSPS) is 21.5. The second-order valence-corrected chi connectivity index (χ2v) is 13.0. The van der Waals surface area contributed by atoms with E-state index in [4.69, 9.17) is 27.9 Å². The van der Waals surface area contributed by atoms with Crippen molar-refractivity contribution in [2.24, 2.45) is 5.92 Å². The van der Waals surface area contributed by atoms with Crippen molar-refractivity contribution in [3.05, 3.63) is 62.9 Å². The van der Waals surface area contributed by atoms with Crippen molar-refractivity contribution in [3.8, 4) is 5.75 Å². The molecule has 1 saturated carbocycles. The fourth-order valence-electron chi connectivity index (χ4n) is 4.96. The Morgan fingerprint density at radius 1 is 1.14 bits per heavy atom. The molecule has 1 saturated heterocycles. The van der Waals surface area contributed by atoms with Crippen molar-refractivity contribution < 1.29 is 22.3 Å². The summed E-state index contributed by atoms with van der Waals surface area (Å²) in [5.41, 5.74) is 1.53. The van der Waals surface area contributed by atoms with E-state index in [0.717, 1.165) is 43.4 Å². The lowest BCUT2D eigenvalue weighted by Crippen LogP contribution is -2.44. The number of hydrogen-bond donors (Lipinski definition) is 1. The number of amides is 1. The molecule has 0 radical (unpaired) electrons. The largest absolute Gasteiger partial charge is 0.493 e. The van der Waals surface area contributed by atoms with Crippen molar-refractivity contribution in [2.45, 2.75) is 64.5 Å². The molecule has 2 aliphatic rings. The van der Waals surface area contributed by atoms with Gasteiger partial charge in [0.1, 0.15) is 11.6 Å². The van der Waals surface area contributed by atoms with Gasteiger partial charge in [0.25, 0.3) is 5.91 Å². The van der Waals surface area contributed by atoms with Gasteiger partial charge < -0.3 is 4.74 Å². The zero-order valence-electron chi connectivity index (χ0n) is 21.3. The molecule has 0 spiro atoms. The molecule has 2 aromatic carbocycles. The zero-order valence-corrected chi connectivity index (χ0v) is 23.6. The molecule has 202 valence electrons. The van der Waals surface area contributed by atoms with E-state index in [9.17, 15) is 17.6 Å². The van der Waals surface area contributed by atoms with E-state index in [1.54, 1.807) is 6.07 Å². The average Bonchev–Trinajstić information content (AvgIpc) is 3.67. The van der Waals surface area contributed by atoms with E-state index >= 15 is 0 Å². The van der Waals surface area contributed by atoms with Crippen LogP contribution in [0.4, 0.5) is 4.39 Å². The van der Waals surface area contributed by atoms with Gasteiger partial charge in [-0.15, -0.1) is 0 Å². The van der Waals surface area contributed by atoms with Crippen LogP contribution in [0, 0.1) is 11.7 Å². The van der Waals surface area contributed by atoms with Gasteiger partial charge in [-0.1, -0.05) is 23.2 Å². The molecule has 1 unspecified atom stereocenters. The molecule has 1 N–H and O–H groups in total. The van der Waals surface area contributed by atoms with Crippen LogP contribution in [0.15, 0.2) is 30.3 Å². The van der Waals surface area contributed by atoms with Gasteiger partial charge in [0.05, 0.1) is 17.9 Å². The summed E-state index contributed by atoms with van der Waals surface area (Å²) in [5.74, 6) is -1.18. The number of nitrogens with zero attached hydrogens (tertiary/aromatic N) is 1. The Balaban J connectivity index is 1.47. The monoisotopic (exact) mass is 570 g/mol. The minimum atomic E-state index is -3.79. The minimum Gasteiger partial charge on any atom is -0.493 e. The average molecular weight is 572 g/mol. The van der Waals surface area contributed by atoms with E-state index in [0.29, 0.717) is 28.4 Å². The number of nitrogens with one attached hydrogen (secondary N) is 1. The van der Waals surface area contributed by atoms with Crippen LogP contribution < -0.4 is 9.46 Å². The molecule has 1 heterocycles. The van der Waals surface area contributed by atoms with E-state index in [1.807, 2.05) is 16.9 Å². The first-order chi connectivity index (χ1) is 17.5. The van der Waals surface area contributed by atoms with Crippen molar-refractivity contribution in [2.75, 3.05) is 18.9 Å². The quantitative estimate of drug-likeness (QED) is 0.381. The lowest BCUT2D eigenvalue weighted by molar-refractivity contribution is 0.0584. The SMILES string of the molecule is CCS(=O)(=O)NC(=O)c1cc(C2CC2)c(OC[C@@H]2CC[C@@H](C)N(C(C)c3cc(Cl)cc(Cl)c3)C2)cc1F. The number of likely N-dealkylation sites (tertiary alicyclic amines) is 1. The number of rotatable bonds is 9. The Labute approximate surface area is 228 Å². The van der Waals surface area contributed by atoms with Crippen molar-refractivity contribution >= 4 is 39.1 Å². The van der Waals surface area contributed by atoms with Crippen molar-refractivity contribution in [1.29, 1.82) is 0 Å². The van der Waals surface area contributed by atoms with Crippen LogP contribution in [0.5, 0.6) is 5.75 Å². The Bertz CT molecular complexity index is 1250. The highest BCUT2D eigenvalue weighted by atomic mass is 35.5. The van der Waals surface area contributed by atoms with E-state index in [2.05, 4.69) is 18.7 Å². The topological polar surface area (TPSA) is 75.7 Å². The number of halogens is 3. The van der Waals surface area contributed by atoms with Crippen molar-refractivity contribution in [3.63, 3.8) is 0 Å². The maximum atomic E-state index is 14.9. The maximum absolute atomic E-state index is 14.9. The summed E-state index contributed by atoms with van der Waals surface area (Å²) >= 11 is 12.5. The van der Waals surface area contributed by atoms with Crippen LogP contribution in [-0.4, -0.2) is 44.2 Å². The van der Waals surface area contributed by atoms with Crippen LogP contribution in [-0.2, 0) is 10.0 Å². The molecule has 0 bridgehead atoms. The Morgan fingerprint density at radius 3 is 2.43 bits per heavy atom. The molecular formula is C27H33Cl2FN2O4S. The Kier molecular flexibility index (Phi) is 8.73. The summed E-state index contributed by atoms with van der Waals surface area (Å²) in [7, 11) is -3.79. The highest BCUT2D eigenvalue weighted by Crippen LogP contribution is 2.45. The molecular weight excluding hydrogens is 538 g/mol. The molecule has 1 aliphatic carbocycles. The number of hydrogen-bond acceptors (Lipinski definition) is 5. The van der Waals surface area contributed by atoms with Gasteiger partial charge in [-0.05, 0) is 87.8 Å². The number of carbonyl (C=O) groups excluding carboxylic acids is 1. The number of benzene rings is 2. The molecule has 4 rings (SSSR count). The fourth-order valence-corrected chi connectivity index (χ4v) is 6.04. The highest BCUT2D eigenvalue weighted by Gasteiger charge is 2.32. The van der Waals surface area contributed by atoms with Crippen LogP contribution in [0.25, 0.3) is 0 Å². The second kappa shape index (κ2) is 11.5. The molecule has 1 aliphatic heterocycles. The van der Waals surface area contributed by atoms with Gasteiger partial charge >= 0.3 is 0 Å². The van der Waals surface area contributed by atoms with Gasteiger partial charge in [-0.2, -0.15) is 0 Å². The van der Waals surface area contributed by atoms with E-state index in [1.165, 1.54) is 19.1 Å². The van der Waals surface area contributed by atoms with Gasteiger partial charge in [0.2, 0.25) is 10.0 Å². The third-order valence-electron chi connectivity index (χ3n) is 7.36. The Morgan fingerprint density at radius 2 is 1.81 bits per heavy atom. The third kappa shape index (κ3) is 6.96. The lowest BCUT2D eigenvalue weighted by Gasteiger charge is -2.42. The predicted molar refractivity (Wildman–Crippen MR) is 145 cm³/mol.